The molecule has 6 rings (SSSR count). The molecule has 0 aliphatic carbocycles. The van der Waals surface area contributed by atoms with Crippen LogP contribution in [0.1, 0.15) is 48.0 Å². The summed E-state index contributed by atoms with van der Waals surface area (Å²) < 4.78 is 27.8. The van der Waals surface area contributed by atoms with Gasteiger partial charge in [-0.15, -0.1) is 0 Å². The molecule has 0 unspecified atom stereocenters. The molecule has 41 heavy (non-hydrogen) atoms. The lowest BCUT2D eigenvalue weighted by Crippen LogP contribution is -2.35. The first-order valence-electron chi connectivity index (χ1n) is 13.7. The molecule has 2 aliphatic rings. The van der Waals surface area contributed by atoms with Gasteiger partial charge in [-0.1, -0.05) is 28.9 Å². The van der Waals surface area contributed by atoms with Crippen molar-refractivity contribution in [2.45, 2.75) is 51.0 Å². The molecular weight excluding hydrogens is 549 g/mol. The Morgan fingerprint density at radius 3 is 2.73 bits per heavy atom. The van der Waals surface area contributed by atoms with E-state index >= 15 is 0 Å². The van der Waals surface area contributed by atoms with Gasteiger partial charge in [0.2, 0.25) is 5.88 Å². The maximum Gasteiger partial charge on any atom is 0.213 e. The van der Waals surface area contributed by atoms with Gasteiger partial charge in [-0.25, -0.2) is 14.4 Å². The Kier molecular flexibility index (Phi) is 8.00. The molecule has 12 heteroatoms. The number of likely N-dealkylation sites (tertiary alicyclic amines) is 1. The summed E-state index contributed by atoms with van der Waals surface area (Å²) in [6.45, 7) is 4.06. The minimum Gasteiger partial charge on any atom is -0.473 e. The summed E-state index contributed by atoms with van der Waals surface area (Å²) >= 11 is 5.85. The van der Waals surface area contributed by atoms with Gasteiger partial charge in [-0.2, -0.15) is 0 Å². The van der Waals surface area contributed by atoms with Crippen molar-refractivity contribution >= 4 is 28.5 Å². The Balaban J connectivity index is 1.11. The molecule has 0 radical (unpaired) electrons. The van der Waals surface area contributed by atoms with Crippen LogP contribution in [0, 0.1) is 5.82 Å². The van der Waals surface area contributed by atoms with Crippen LogP contribution in [-0.4, -0.2) is 61.3 Å². The third-order valence-electron chi connectivity index (χ3n) is 7.77. The van der Waals surface area contributed by atoms with Crippen LogP contribution in [0.15, 0.2) is 53.8 Å². The van der Waals surface area contributed by atoms with Crippen LogP contribution < -0.4 is 10.5 Å². The van der Waals surface area contributed by atoms with Gasteiger partial charge in [0.1, 0.15) is 23.9 Å². The molecule has 4 aromatic rings. The van der Waals surface area contributed by atoms with Crippen molar-refractivity contribution in [1.29, 1.82) is 0 Å². The zero-order chi connectivity index (χ0) is 28.3. The Bertz CT molecular complexity index is 1570. The van der Waals surface area contributed by atoms with E-state index < -0.39 is 5.82 Å². The van der Waals surface area contributed by atoms with Gasteiger partial charge < -0.3 is 25.0 Å². The SMILES string of the molecule is NC(=NO)c1cc2nc(CN3CCC(c4cccc(OCc5ccc(Cl)cc5F)n4)CC3)n(C[C@@H]3CCO3)c2cn1. The summed E-state index contributed by atoms with van der Waals surface area (Å²) in [5.41, 5.74) is 9.21. The lowest BCUT2D eigenvalue weighted by atomic mass is 9.93. The quantitative estimate of drug-likeness (QED) is 0.129. The van der Waals surface area contributed by atoms with Crippen molar-refractivity contribution in [3.05, 3.63) is 82.3 Å². The summed E-state index contributed by atoms with van der Waals surface area (Å²) in [5.74, 6) is 1.28. The zero-order valence-corrected chi connectivity index (χ0v) is 23.2. The first kappa shape index (κ1) is 27.4. The van der Waals surface area contributed by atoms with Gasteiger partial charge >= 0.3 is 0 Å². The predicted octanol–water partition coefficient (Wildman–Crippen LogP) is 4.46. The number of fused-ring (bicyclic) bond motifs is 1. The Morgan fingerprint density at radius 2 is 2.00 bits per heavy atom. The number of nitrogens with two attached hydrogens (primary N) is 1. The molecule has 5 heterocycles. The van der Waals surface area contributed by atoms with E-state index in [0.717, 1.165) is 61.5 Å². The van der Waals surface area contributed by atoms with E-state index in [2.05, 4.69) is 19.6 Å². The fourth-order valence-electron chi connectivity index (χ4n) is 5.34. The number of rotatable bonds is 9. The van der Waals surface area contributed by atoms with Gasteiger partial charge in [-0.05, 0) is 56.6 Å². The number of pyridine rings is 2. The summed E-state index contributed by atoms with van der Waals surface area (Å²) in [6.07, 6.45) is 4.81. The maximum atomic E-state index is 14.1. The van der Waals surface area contributed by atoms with Crippen molar-refractivity contribution in [3.63, 3.8) is 0 Å². The summed E-state index contributed by atoms with van der Waals surface area (Å²) in [6, 6.07) is 12.1. The summed E-state index contributed by atoms with van der Waals surface area (Å²) in [5, 5.41) is 12.5. The average molecular weight is 580 g/mol. The summed E-state index contributed by atoms with van der Waals surface area (Å²) in [7, 11) is 0. The molecule has 0 saturated carbocycles. The monoisotopic (exact) mass is 579 g/mol. The fourth-order valence-corrected chi connectivity index (χ4v) is 5.50. The van der Waals surface area contributed by atoms with E-state index in [-0.39, 0.29) is 18.5 Å². The highest BCUT2D eigenvalue weighted by molar-refractivity contribution is 6.30. The van der Waals surface area contributed by atoms with Crippen LogP contribution in [0.5, 0.6) is 5.88 Å². The van der Waals surface area contributed by atoms with Crippen LogP contribution in [0.25, 0.3) is 11.0 Å². The highest BCUT2D eigenvalue weighted by Gasteiger charge is 2.26. The number of nitrogens with zero attached hydrogens (tertiary/aromatic N) is 6. The zero-order valence-electron chi connectivity index (χ0n) is 22.4. The van der Waals surface area contributed by atoms with Crippen molar-refractivity contribution in [3.8, 4) is 5.88 Å². The number of amidine groups is 1. The van der Waals surface area contributed by atoms with Gasteiger partial charge in [-0.3, -0.25) is 9.88 Å². The van der Waals surface area contributed by atoms with Gasteiger partial charge in [0.25, 0.3) is 0 Å². The minimum atomic E-state index is -0.394. The van der Waals surface area contributed by atoms with E-state index in [4.69, 9.17) is 42.0 Å². The molecule has 0 amide bonds. The van der Waals surface area contributed by atoms with Crippen LogP contribution in [0.2, 0.25) is 5.02 Å². The van der Waals surface area contributed by atoms with Gasteiger partial charge in [0, 0.05) is 34.9 Å². The van der Waals surface area contributed by atoms with E-state index in [1.54, 1.807) is 30.5 Å². The number of hydrogen-bond donors (Lipinski definition) is 2. The molecule has 3 aromatic heterocycles. The summed E-state index contributed by atoms with van der Waals surface area (Å²) in [4.78, 5) is 16.4. The number of aromatic nitrogens is 4. The number of halogens is 2. The second-order valence-corrected chi connectivity index (χ2v) is 10.9. The van der Waals surface area contributed by atoms with Gasteiger partial charge in [0.15, 0.2) is 5.84 Å². The molecule has 3 N–H and O–H groups in total. The van der Waals surface area contributed by atoms with Crippen LogP contribution >= 0.6 is 11.6 Å². The largest absolute Gasteiger partial charge is 0.473 e. The molecule has 10 nitrogen and oxygen atoms in total. The van der Waals surface area contributed by atoms with Crippen LogP contribution in [0.4, 0.5) is 4.39 Å². The molecule has 0 spiro atoms. The minimum absolute atomic E-state index is 0.0485. The molecule has 2 aliphatic heterocycles. The van der Waals surface area contributed by atoms with E-state index in [1.165, 1.54) is 6.07 Å². The van der Waals surface area contributed by atoms with E-state index in [0.29, 0.717) is 41.2 Å². The lowest BCUT2D eigenvalue weighted by Gasteiger charge is -2.32. The number of benzene rings is 1. The molecular formula is C29H31ClFN7O3. The number of ether oxygens (including phenoxy) is 2. The highest BCUT2D eigenvalue weighted by Crippen LogP contribution is 2.30. The molecule has 2 fully saturated rings. The van der Waals surface area contributed by atoms with Crippen LogP contribution in [0.3, 0.4) is 0 Å². The van der Waals surface area contributed by atoms with Crippen LogP contribution in [-0.2, 0) is 24.4 Å². The van der Waals surface area contributed by atoms with Crippen molar-refractivity contribution < 1.29 is 19.1 Å². The average Bonchev–Trinajstić information content (AvgIpc) is 3.30. The smallest absolute Gasteiger partial charge is 0.213 e. The van der Waals surface area contributed by atoms with E-state index in [1.807, 2.05) is 12.1 Å². The van der Waals surface area contributed by atoms with Crippen molar-refractivity contribution in [2.75, 3.05) is 19.7 Å². The third kappa shape index (κ3) is 6.12. The number of oxime groups is 1. The van der Waals surface area contributed by atoms with Crippen molar-refractivity contribution in [2.24, 2.45) is 10.9 Å². The Hall–Kier alpha value is -3.80. The first-order chi connectivity index (χ1) is 20.0. The van der Waals surface area contributed by atoms with E-state index in [9.17, 15) is 4.39 Å². The Morgan fingerprint density at radius 1 is 1.17 bits per heavy atom. The normalized spacial score (nSPS) is 18.5. The standard InChI is InChI=1S/C29H31ClFN7O3/c30-20-5-4-19(22(31)12-20)17-41-28-3-1-2-23(35-28)18-6-9-37(10-7-18)16-27-34-24-13-25(29(32)36-39)33-14-26(24)38(27)15-21-8-11-40-21/h1-5,12-14,18,21,39H,6-11,15-17H2,(H2,32,36)/t21-/m0/s1. The molecule has 0 bridgehead atoms. The first-order valence-corrected chi connectivity index (χ1v) is 14.1. The van der Waals surface area contributed by atoms with Crippen molar-refractivity contribution in [1.82, 2.24) is 24.4 Å². The Labute approximate surface area is 241 Å². The number of piperidine rings is 1. The molecule has 1 aromatic carbocycles. The molecule has 2 saturated heterocycles. The molecule has 214 valence electrons. The highest BCUT2D eigenvalue weighted by atomic mass is 35.5. The third-order valence-corrected chi connectivity index (χ3v) is 8.01. The lowest BCUT2D eigenvalue weighted by molar-refractivity contribution is -0.0592. The number of hydrogen-bond acceptors (Lipinski definition) is 8. The topological polar surface area (TPSA) is 124 Å². The number of imidazole rings is 1. The molecule has 1 atom stereocenters. The fraction of sp³-hybridized carbons (Fsp3) is 0.379. The maximum absolute atomic E-state index is 14.1. The van der Waals surface area contributed by atoms with Gasteiger partial charge in [0.05, 0.1) is 36.4 Å². The second kappa shape index (κ2) is 12.0. The predicted molar refractivity (Wildman–Crippen MR) is 152 cm³/mol. The second-order valence-electron chi connectivity index (χ2n) is 10.4.